The lowest BCUT2D eigenvalue weighted by molar-refractivity contribution is 0.0740. The summed E-state index contributed by atoms with van der Waals surface area (Å²) in [7, 11) is 0. The lowest BCUT2D eigenvalue weighted by Crippen LogP contribution is -2.49. The molecule has 0 unspecified atom stereocenters. The number of aryl methyl sites for hydroxylation is 2. The van der Waals surface area contributed by atoms with Gasteiger partial charge >= 0.3 is 0 Å². The molecule has 0 aliphatic carbocycles. The topological polar surface area (TPSA) is 61.4 Å². The van der Waals surface area contributed by atoms with Gasteiger partial charge in [0.05, 0.1) is 5.56 Å². The highest BCUT2D eigenvalue weighted by atomic mass is 19.2. The third kappa shape index (κ3) is 4.51. The number of nitrogens with zero attached hydrogens (tertiary/aromatic N) is 4. The second-order valence-corrected chi connectivity index (χ2v) is 7.68. The Hall–Kier alpha value is -3.62. The smallest absolute Gasteiger partial charge is 0.257 e. The van der Waals surface area contributed by atoms with E-state index in [1.165, 1.54) is 4.90 Å². The molecule has 1 aliphatic heterocycles. The number of rotatable bonds is 4. The Morgan fingerprint density at radius 2 is 1.59 bits per heavy atom. The number of hydrogen-bond acceptors (Lipinski definition) is 5. The van der Waals surface area contributed by atoms with Crippen molar-refractivity contribution in [3.8, 4) is 0 Å². The van der Waals surface area contributed by atoms with Crippen molar-refractivity contribution in [2.45, 2.75) is 13.8 Å². The van der Waals surface area contributed by atoms with E-state index in [4.69, 9.17) is 0 Å². The highest BCUT2D eigenvalue weighted by Crippen LogP contribution is 2.22. The minimum Gasteiger partial charge on any atom is -0.353 e. The first-order valence-corrected chi connectivity index (χ1v) is 10.2. The largest absolute Gasteiger partial charge is 0.353 e. The number of anilines is 3. The van der Waals surface area contributed by atoms with Crippen molar-refractivity contribution in [1.82, 2.24) is 14.9 Å². The first-order chi connectivity index (χ1) is 15.3. The highest BCUT2D eigenvalue weighted by molar-refractivity contribution is 5.94. The molecule has 1 amide bonds. The van der Waals surface area contributed by atoms with Gasteiger partial charge in [0.1, 0.15) is 5.82 Å². The Balaban J connectivity index is 1.45. The molecule has 9 heteroatoms. The van der Waals surface area contributed by atoms with Crippen LogP contribution >= 0.6 is 0 Å². The molecule has 3 aromatic rings. The maximum atomic E-state index is 14.0. The van der Waals surface area contributed by atoms with Crippen LogP contribution in [0.5, 0.6) is 0 Å². The maximum absolute atomic E-state index is 14.0. The molecule has 6 nitrogen and oxygen atoms in total. The van der Waals surface area contributed by atoms with E-state index in [9.17, 15) is 18.0 Å². The fraction of sp³-hybridized carbons (Fsp3) is 0.261. The van der Waals surface area contributed by atoms with Gasteiger partial charge in [0.25, 0.3) is 5.91 Å². The molecule has 1 aromatic heterocycles. The number of piperazine rings is 1. The molecule has 32 heavy (non-hydrogen) atoms. The van der Waals surface area contributed by atoms with Crippen LogP contribution in [0, 0.1) is 31.3 Å². The maximum Gasteiger partial charge on any atom is 0.257 e. The second kappa shape index (κ2) is 8.86. The number of aromatic nitrogens is 2. The van der Waals surface area contributed by atoms with Crippen molar-refractivity contribution < 1.29 is 18.0 Å². The molecular weight excluding hydrogens is 419 g/mol. The standard InChI is InChI=1S/C23H22F3N5O/c1-14-3-5-16(6-4-14)28-23-27-15(2)13-19(29-23)30-9-11-31(12-10-30)22(32)17-7-8-18(24)21(26)20(17)25/h3-8,13H,9-12H2,1-2H3,(H,27,28,29). The van der Waals surface area contributed by atoms with Gasteiger partial charge in [-0.05, 0) is 38.1 Å². The van der Waals surface area contributed by atoms with Gasteiger partial charge in [-0.15, -0.1) is 0 Å². The number of nitrogens with one attached hydrogen (secondary N) is 1. The van der Waals surface area contributed by atoms with Gasteiger partial charge in [0.15, 0.2) is 17.5 Å². The monoisotopic (exact) mass is 441 g/mol. The Morgan fingerprint density at radius 3 is 2.28 bits per heavy atom. The van der Waals surface area contributed by atoms with Crippen LogP contribution in [0.15, 0.2) is 42.5 Å². The molecule has 0 atom stereocenters. The van der Waals surface area contributed by atoms with Gasteiger partial charge in [-0.1, -0.05) is 17.7 Å². The Morgan fingerprint density at radius 1 is 0.906 bits per heavy atom. The Bertz CT molecular complexity index is 1150. The summed E-state index contributed by atoms with van der Waals surface area (Å²) in [5, 5.41) is 3.19. The summed E-state index contributed by atoms with van der Waals surface area (Å²) in [6, 6.07) is 11.5. The van der Waals surface area contributed by atoms with Crippen molar-refractivity contribution in [3.63, 3.8) is 0 Å². The van der Waals surface area contributed by atoms with E-state index in [-0.39, 0.29) is 0 Å². The summed E-state index contributed by atoms with van der Waals surface area (Å²) in [5.74, 6) is -3.92. The van der Waals surface area contributed by atoms with E-state index >= 15 is 0 Å². The molecule has 0 spiro atoms. The molecule has 0 bridgehead atoms. The number of halogens is 3. The summed E-state index contributed by atoms with van der Waals surface area (Å²) >= 11 is 0. The molecule has 0 saturated carbocycles. The average molecular weight is 441 g/mol. The third-order valence-corrected chi connectivity index (χ3v) is 5.30. The quantitative estimate of drug-likeness (QED) is 0.615. The molecular formula is C23H22F3N5O. The zero-order chi connectivity index (χ0) is 22.8. The van der Waals surface area contributed by atoms with Gasteiger partial charge in [0, 0.05) is 43.6 Å². The number of benzene rings is 2. The van der Waals surface area contributed by atoms with Crippen molar-refractivity contribution in [2.75, 3.05) is 36.4 Å². The van der Waals surface area contributed by atoms with Gasteiger partial charge in [-0.2, -0.15) is 4.98 Å². The van der Waals surface area contributed by atoms with Crippen molar-refractivity contribution in [2.24, 2.45) is 0 Å². The van der Waals surface area contributed by atoms with Crippen molar-refractivity contribution >= 4 is 23.4 Å². The number of amides is 1. The zero-order valence-corrected chi connectivity index (χ0v) is 17.7. The SMILES string of the molecule is Cc1ccc(Nc2nc(C)cc(N3CCN(C(=O)c4ccc(F)c(F)c4F)CC3)n2)cc1. The van der Waals surface area contributed by atoms with Crippen LogP contribution in [0.1, 0.15) is 21.6 Å². The lowest BCUT2D eigenvalue weighted by atomic mass is 10.1. The van der Waals surface area contributed by atoms with Crippen LogP contribution < -0.4 is 10.2 Å². The van der Waals surface area contributed by atoms with Gasteiger partial charge in [-0.25, -0.2) is 18.2 Å². The van der Waals surface area contributed by atoms with E-state index in [1.54, 1.807) is 0 Å². The molecule has 1 N–H and O–H groups in total. The molecule has 166 valence electrons. The minimum atomic E-state index is -1.64. The normalized spacial score (nSPS) is 13.9. The lowest BCUT2D eigenvalue weighted by Gasteiger charge is -2.35. The van der Waals surface area contributed by atoms with Gasteiger partial charge in [0.2, 0.25) is 5.95 Å². The predicted molar refractivity (Wildman–Crippen MR) is 116 cm³/mol. The number of hydrogen-bond donors (Lipinski definition) is 1. The fourth-order valence-corrected chi connectivity index (χ4v) is 3.54. The van der Waals surface area contributed by atoms with Crippen LogP contribution in [0.4, 0.5) is 30.6 Å². The third-order valence-electron chi connectivity index (χ3n) is 5.30. The van der Waals surface area contributed by atoms with Crippen LogP contribution in [0.25, 0.3) is 0 Å². The Kier molecular flexibility index (Phi) is 5.98. The summed E-state index contributed by atoms with van der Waals surface area (Å²) in [6.45, 7) is 5.38. The fourth-order valence-electron chi connectivity index (χ4n) is 3.54. The predicted octanol–water partition coefficient (Wildman–Crippen LogP) is 4.22. The number of carbonyl (C=O) groups is 1. The molecule has 2 aromatic carbocycles. The zero-order valence-electron chi connectivity index (χ0n) is 17.7. The van der Waals surface area contributed by atoms with Crippen molar-refractivity contribution in [3.05, 3.63) is 76.7 Å². The van der Waals surface area contributed by atoms with Crippen LogP contribution in [0.3, 0.4) is 0 Å². The highest BCUT2D eigenvalue weighted by Gasteiger charge is 2.27. The van der Waals surface area contributed by atoms with Crippen LogP contribution in [0.2, 0.25) is 0 Å². The molecule has 1 fully saturated rings. The molecule has 2 heterocycles. The van der Waals surface area contributed by atoms with Gasteiger partial charge < -0.3 is 15.1 Å². The first kappa shape index (κ1) is 21.6. The minimum absolute atomic E-state index is 0.293. The molecule has 1 aliphatic rings. The van der Waals surface area contributed by atoms with Crippen LogP contribution in [-0.2, 0) is 0 Å². The number of carbonyl (C=O) groups excluding carboxylic acids is 1. The summed E-state index contributed by atoms with van der Waals surface area (Å²) in [5.41, 5.74) is 2.33. The van der Waals surface area contributed by atoms with E-state index in [2.05, 4.69) is 15.3 Å². The van der Waals surface area contributed by atoms with E-state index < -0.39 is 28.9 Å². The van der Waals surface area contributed by atoms with Gasteiger partial charge in [-0.3, -0.25) is 4.79 Å². The second-order valence-electron chi connectivity index (χ2n) is 7.68. The van der Waals surface area contributed by atoms with Crippen molar-refractivity contribution in [1.29, 1.82) is 0 Å². The molecule has 1 saturated heterocycles. The van der Waals surface area contributed by atoms with E-state index in [0.717, 1.165) is 29.1 Å². The summed E-state index contributed by atoms with van der Waals surface area (Å²) < 4.78 is 40.7. The summed E-state index contributed by atoms with van der Waals surface area (Å²) in [6.07, 6.45) is 0. The molecule has 4 rings (SSSR count). The molecule has 0 radical (unpaired) electrons. The summed E-state index contributed by atoms with van der Waals surface area (Å²) in [4.78, 5) is 25.0. The first-order valence-electron chi connectivity index (χ1n) is 10.2. The van der Waals surface area contributed by atoms with E-state index in [0.29, 0.717) is 37.9 Å². The van der Waals surface area contributed by atoms with E-state index in [1.807, 2.05) is 49.1 Å². The van der Waals surface area contributed by atoms with Crippen LogP contribution in [-0.4, -0.2) is 47.0 Å². The average Bonchev–Trinajstić information content (AvgIpc) is 2.78. The Labute approximate surface area is 183 Å².